The maximum absolute atomic E-state index is 2.43. The van der Waals surface area contributed by atoms with Gasteiger partial charge in [-0.25, -0.2) is 0 Å². The lowest BCUT2D eigenvalue weighted by atomic mass is 10.1. The molecule has 0 aromatic carbocycles. The summed E-state index contributed by atoms with van der Waals surface area (Å²) < 4.78 is 0. The van der Waals surface area contributed by atoms with E-state index in [1.807, 2.05) is 0 Å². The summed E-state index contributed by atoms with van der Waals surface area (Å²) >= 11 is 0. The molecule has 0 saturated heterocycles. The van der Waals surface area contributed by atoms with Crippen molar-refractivity contribution < 1.29 is 4.90 Å². The summed E-state index contributed by atoms with van der Waals surface area (Å²) in [5.41, 5.74) is 0. The highest BCUT2D eigenvalue weighted by atomic mass is 15.3. The molecule has 1 aliphatic heterocycles. The second-order valence-corrected chi connectivity index (χ2v) is 4.40. The van der Waals surface area contributed by atoms with Crippen molar-refractivity contribution >= 4 is 0 Å². The number of nitrogens with one attached hydrogen (secondary N) is 1. The van der Waals surface area contributed by atoms with Crippen molar-refractivity contribution in [3.8, 4) is 0 Å². The molecule has 0 radical (unpaired) electrons. The van der Waals surface area contributed by atoms with Crippen molar-refractivity contribution in [3.05, 3.63) is 12.4 Å². The summed E-state index contributed by atoms with van der Waals surface area (Å²) in [6.07, 6.45) is 12.9. The van der Waals surface area contributed by atoms with Crippen LogP contribution in [0.5, 0.6) is 0 Å². The molecule has 1 atom stereocenters. The SMILES string of the molecule is CCCCCCCCN1C=C[NH+](C)C1. The van der Waals surface area contributed by atoms with E-state index in [9.17, 15) is 0 Å². The van der Waals surface area contributed by atoms with Gasteiger partial charge in [0.15, 0.2) is 6.67 Å². The lowest BCUT2D eigenvalue weighted by molar-refractivity contribution is -0.826. The molecule has 0 amide bonds. The van der Waals surface area contributed by atoms with Crippen LogP contribution in [0.25, 0.3) is 0 Å². The quantitative estimate of drug-likeness (QED) is 0.609. The lowest BCUT2D eigenvalue weighted by Crippen LogP contribution is -3.03. The Balaban J connectivity index is 1.87. The van der Waals surface area contributed by atoms with Crippen LogP contribution in [0.1, 0.15) is 45.4 Å². The highest BCUT2D eigenvalue weighted by Crippen LogP contribution is 2.05. The maximum atomic E-state index is 2.43. The van der Waals surface area contributed by atoms with Gasteiger partial charge in [-0.1, -0.05) is 39.0 Å². The first kappa shape index (κ1) is 11.6. The summed E-state index contributed by atoms with van der Waals surface area (Å²) in [7, 11) is 2.21. The van der Waals surface area contributed by atoms with Gasteiger partial charge >= 0.3 is 0 Å². The molecular weight excluding hydrogens is 172 g/mol. The Morgan fingerprint density at radius 1 is 1.14 bits per heavy atom. The van der Waals surface area contributed by atoms with Gasteiger partial charge in [0.05, 0.1) is 13.2 Å². The third-order valence-corrected chi connectivity index (χ3v) is 2.82. The summed E-state index contributed by atoms with van der Waals surface area (Å²) in [5, 5.41) is 0. The summed E-state index contributed by atoms with van der Waals surface area (Å²) in [4.78, 5) is 3.92. The topological polar surface area (TPSA) is 7.68 Å². The van der Waals surface area contributed by atoms with Crippen molar-refractivity contribution in [1.29, 1.82) is 0 Å². The predicted octanol–water partition coefficient (Wildman–Crippen LogP) is 1.61. The Labute approximate surface area is 88.6 Å². The van der Waals surface area contributed by atoms with E-state index < -0.39 is 0 Å². The number of nitrogens with zero attached hydrogens (tertiary/aromatic N) is 1. The highest BCUT2D eigenvalue weighted by Gasteiger charge is 2.10. The monoisotopic (exact) mass is 197 g/mol. The molecule has 1 rings (SSSR count). The molecule has 14 heavy (non-hydrogen) atoms. The maximum Gasteiger partial charge on any atom is 0.156 e. The van der Waals surface area contributed by atoms with Gasteiger partial charge in [0.25, 0.3) is 0 Å². The zero-order valence-electron chi connectivity index (χ0n) is 9.76. The van der Waals surface area contributed by atoms with Gasteiger partial charge in [-0.05, 0) is 6.42 Å². The average Bonchev–Trinajstić information content (AvgIpc) is 2.58. The van der Waals surface area contributed by atoms with E-state index >= 15 is 0 Å². The van der Waals surface area contributed by atoms with Crippen molar-refractivity contribution in [2.45, 2.75) is 45.4 Å². The van der Waals surface area contributed by atoms with Crippen molar-refractivity contribution in [1.82, 2.24) is 4.90 Å². The largest absolute Gasteiger partial charge is 0.326 e. The minimum atomic E-state index is 1.16. The van der Waals surface area contributed by atoms with Crippen LogP contribution in [0, 0.1) is 0 Å². The third kappa shape index (κ3) is 4.66. The Hall–Kier alpha value is -0.500. The van der Waals surface area contributed by atoms with Crippen LogP contribution in [-0.2, 0) is 0 Å². The first-order chi connectivity index (χ1) is 6.83. The molecule has 0 saturated carbocycles. The van der Waals surface area contributed by atoms with Crippen LogP contribution < -0.4 is 4.90 Å². The van der Waals surface area contributed by atoms with Gasteiger partial charge < -0.3 is 4.90 Å². The summed E-state index contributed by atoms with van der Waals surface area (Å²) in [5.74, 6) is 0. The smallest absolute Gasteiger partial charge is 0.156 e. The van der Waals surface area contributed by atoms with Gasteiger partial charge in [0.2, 0.25) is 0 Å². The van der Waals surface area contributed by atoms with Gasteiger partial charge in [0.1, 0.15) is 6.20 Å². The van der Waals surface area contributed by atoms with Crippen LogP contribution in [0.2, 0.25) is 0 Å². The van der Waals surface area contributed by atoms with E-state index in [2.05, 4.69) is 31.3 Å². The van der Waals surface area contributed by atoms with Crippen LogP contribution in [0.15, 0.2) is 12.4 Å². The van der Waals surface area contributed by atoms with E-state index in [1.54, 1.807) is 0 Å². The molecule has 1 heterocycles. The normalized spacial score (nSPS) is 20.7. The number of rotatable bonds is 7. The van der Waals surface area contributed by atoms with Gasteiger partial charge in [-0.2, -0.15) is 0 Å². The second kappa shape index (κ2) is 6.88. The molecule has 0 aromatic rings. The Morgan fingerprint density at radius 3 is 2.50 bits per heavy atom. The summed E-state index contributed by atoms with van der Waals surface area (Å²) in [6, 6.07) is 0. The fraction of sp³-hybridized carbons (Fsp3) is 0.833. The summed E-state index contributed by atoms with van der Waals surface area (Å²) in [6.45, 7) is 4.68. The third-order valence-electron chi connectivity index (χ3n) is 2.82. The van der Waals surface area contributed by atoms with Gasteiger partial charge in [0, 0.05) is 6.54 Å². The fourth-order valence-electron chi connectivity index (χ4n) is 1.91. The van der Waals surface area contributed by atoms with Crippen LogP contribution >= 0.6 is 0 Å². The van der Waals surface area contributed by atoms with E-state index in [4.69, 9.17) is 0 Å². The molecule has 0 fully saturated rings. The molecule has 82 valence electrons. The molecule has 0 spiro atoms. The Kier molecular flexibility index (Phi) is 5.69. The van der Waals surface area contributed by atoms with Crippen molar-refractivity contribution in [2.75, 3.05) is 20.3 Å². The highest BCUT2D eigenvalue weighted by molar-refractivity contribution is 4.76. The second-order valence-electron chi connectivity index (χ2n) is 4.40. The standard InChI is InChI=1S/C12H24N2/c1-3-4-5-6-7-8-9-14-11-10-13(2)12-14/h10-11H,3-9,12H2,1-2H3/p+1. The molecule has 2 nitrogen and oxygen atoms in total. The Morgan fingerprint density at radius 2 is 1.86 bits per heavy atom. The van der Waals surface area contributed by atoms with Gasteiger partial charge in [-0.15, -0.1) is 0 Å². The molecule has 0 aromatic heterocycles. The molecule has 0 aliphatic carbocycles. The van der Waals surface area contributed by atoms with Crippen molar-refractivity contribution in [2.24, 2.45) is 0 Å². The molecule has 0 bridgehead atoms. The van der Waals surface area contributed by atoms with Crippen LogP contribution in [-0.4, -0.2) is 25.2 Å². The Bertz CT molecular complexity index is 166. The molecule has 1 N–H and O–H groups in total. The molecule has 1 aliphatic rings. The van der Waals surface area contributed by atoms with E-state index in [-0.39, 0.29) is 0 Å². The zero-order chi connectivity index (χ0) is 10.2. The molecule has 1 unspecified atom stereocenters. The van der Waals surface area contributed by atoms with Crippen molar-refractivity contribution in [3.63, 3.8) is 0 Å². The number of quaternary nitrogens is 1. The lowest BCUT2D eigenvalue weighted by Gasteiger charge is -2.14. The first-order valence-electron chi connectivity index (χ1n) is 6.07. The van der Waals surface area contributed by atoms with Crippen LogP contribution in [0.3, 0.4) is 0 Å². The fourth-order valence-corrected chi connectivity index (χ4v) is 1.91. The zero-order valence-corrected chi connectivity index (χ0v) is 9.76. The predicted molar refractivity (Wildman–Crippen MR) is 61.0 cm³/mol. The number of hydrogen-bond donors (Lipinski definition) is 1. The molecule has 2 heteroatoms. The first-order valence-corrected chi connectivity index (χ1v) is 6.07. The van der Waals surface area contributed by atoms with Crippen LogP contribution in [0.4, 0.5) is 0 Å². The number of unbranched alkanes of at least 4 members (excludes halogenated alkanes) is 5. The van der Waals surface area contributed by atoms with E-state index in [1.165, 1.54) is 50.0 Å². The number of hydrogen-bond acceptors (Lipinski definition) is 1. The van der Waals surface area contributed by atoms with Gasteiger partial charge in [-0.3, -0.25) is 4.90 Å². The van der Waals surface area contributed by atoms with E-state index in [0.29, 0.717) is 0 Å². The minimum Gasteiger partial charge on any atom is -0.326 e. The average molecular weight is 197 g/mol. The minimum absolute atomic E-state index is 1.16. The van der Waals surface area contributed by atoms with E-state index in [0.717, 1.165) is 6.67 Å². The molecular formula is C12H25N2+.